The smallest absolute Gasteiger partial charge is 0.225 e. The van der Waals surface area contributed by atoms with Gasteiger partial charge in [0.25, 0.3) is 0 Å². The van der Waals surface area contributed by atoms with E-state index >= 15 is 0 Å². The lowest BCUT2D eigenvalue weighted by Gasteiger charge is -2.32. The first kappa shape index (κ1) is 12.7. The number of hydrogen-bond acceptors (Lipinski definition) is 3. The first-order valence-corrected chi connectivity index (χ1v) is 7.25. The van der Waals surface area contributed by atoms with E-state index in [1.54, 1.807) is 0 Å². The fraction of sp³-hybridized carbons (Fsp3) is 0.714. The fourth-order valence-electron chi connectivity index (χ4n) is 2.70. The van der Waals surface area contributed by atoms with Gasteiger partial charge in [-0.25, -0.2) is 0 Å². The lowest BCUT2D eigenvalue weighted by molar-refractivity contribution is -0.133. The average Bonchev–Trinajstić information content (AvgIpc) is 3.20. The molecule has 2 aliphatic rings. The minimum absolute atomic E-state index is 0.359. The number of nitrogens with zero attached hydrogens (tertiary/aromatic N) is 2. The molecule has 3 rings (SSSR count). The number of aryl methyl sites for hydroxylation is 1. The highest BCUT2D eigenvalue weighted by atomic mass is 16.2. The molecular weight excluding hydrogens is 240 g/mol. The lowest BCUT2D eigenvalue weighted by atomic mass is 10.0. The maximum absolute atomic E-state index is 11.9. The number of rotatable bonds is 4. The third-order valence-electron chi connectivity index (χ3n) is 4.25. The van der Waals surface area contributed by atoms with Crippen LogP contribution in [0.1, 0.15) is 36.9 Å². The van der Waals surface area contributed by atoms with Crippen LogP contribution in [0.2, 0.25) is 0 Å². The fourth-order valence-corrected chi connectivity index (χ4v) is 2.70. The Hall–Kier alpha value is -1.36. The van der Waals surface area contributed by atoms with Crippen molar-refractivity contribution in [1.82, 2.24) is 20.4 Å². The van der Waals surface area contributed by atoms with Crippen LogP contribution in [-0.4, -0.2) is 40.1 Å². The highest BCUT2D eigenvalue weighted by Gasteiger charge is 2.34. The highest BCUT2D eigenvalue weighted by Crippen LogP contribution is 2.31. The van der Waals surface area contributed by atoms with Crippen molar-refractivity contribution in [2.45, 2.75) is 45.2 Å². The summed E-state index contributed by atoms with van der Waals surface area (Å²) in [6.07, 6.45) is 6.23. The minimum atomic E-state index is 0.359. The van der Waals surface area contributed by atoms with E-state index in [4.69, 9.17) is 0 Å². The summed E-state index contributed by atoms with van der Waals surface area (Å²) in [4.78, 5) is 14.0. The number of piperidine rings is 1. The van der Waals surface area contributed by atoms with Crippen molar-refractivity contribution >= 4 is 5.91 Å². The van der Waals surface area contributed by atoms with Crippen molar-refractivity contribution < 1.29 is 4.79 Å². The summed E-state index contributed by atoms with van der Waals surface area (Å²) in [6, 6.07) is 0.526. The van der Waals surface area contributed by atoms with Crippen LogP contribution in [0.3, 0.4) is 0 Å². The van der Waals surface area contributed by atoms with Crippen LogP contribution < -0.4 is 5.32 Å². The van der Waals surface area contributed by atoms with Gasteiger partial charge in [0.1, 0.15) is 0 Å². The summed E-state index contributed by atoms with van der Waals surface area (Å²) in [5, 5.41) is 10.6. The van der Waals surface area contributed by atoms with E-state index in [0.29, 0.717) is 17.9 Å². The summed E-state index contributed by atoms with van der Waals surface area (Å²) in [5.74, 6) is 0.752. The van der Waals surface area contributed by atoms with Crippen molar-refractivity contribution in [1.29, 1.82) is 0 Å². The van der Waals surface area contributed by atoms with Crippen molar-refractivity contribution in [2.24, 2.45) is 5.92 Å². The standard InChI is InChI=1S/C14H22N4O/c1-10-12(9-16-17-10)8-15-13-4-6-18(7-5-13)14(19)11-2-3-11/h9,11,13,15H,2-8H2,1H3,(H,16,17). The predicted molar refractivity (Wildman–Crippen MR) is 72.5 cm³/mol. The number of amides is 1. The molecule has 0 bridgehead atoms. The Bertz CT molecular complexity index is 444. The third-order valence-corrected chi connectivity index (χ3v) is 4.25. The van der Waals surface area contributed by atoms with Gasteiger partial charge in [-0.1, -0.05) is 0 Å². The van der Waals surface area contributed by atoms with Gasteiger partial charge in [-0.2, -0.15) is 5.10 Å². The molecule has 0 aromatic carbocycles. The molecule has 1 saturated heterocycles. The molecule has 0 radical (unpaired) electrons. The topological polar surface area (TPSA) is 61.0 Å². The van der Waals surface area contributed by atoms with Gasteiger partial charge < -0.3 is 10.2 Å². The molecule has 5 nitrogen and oxygen atoms in total. The molecule has 1 aromatic heterocycles. The zero-order valence-corrected chi connectivity index (χ0v) is 11.5. The Kier molecular flexibility index (Phi) is 3.55. The summed E-state index contributed by atoms with van der Waals surface area (Å²) >= 11 is 0. The summed E-state index contributed by atoms with van der Waals surface area (Å²) in [7, 11) is 0. The number of H-pyrrole nitrogens is 1. The zero-order valence-electron chi connectivity index (χ0n) is 11.5. The van der Waals surface area contributed by atoms with Crippen molar-refractivity contribution in [2.75, 3.05) is 13.1 Å². The van der Waals surface area contributed by atoms with Gasteiger partial charge in [-0.3, -0.25) is 9.89 Å². The second-order valence-corrected chi connectivity index (χ2v) is 5.77. The van der Waals surface area contributed by atoms with Gasteiger partial charge in [-0.05, 0) is 32.6 Å². The Balaban J connectivity index is 1.43. The number of aromatic amines is 1. The number of aromatic nitrogens is 2. The summed E-state index contributed by atoms with van der Waals surface area (Å²) in [5.41, 5.74) is 2.37. The van der Waals surface area contributed by atoms with E-state index < -0.39 is 0 Å². The number of nitrogens with one attached hydrogen (secondary N) is 2. The molecular formula is C14H22N4O. The van der Waals surface area contributed by atoms with Gasteiger partial charge in [0.15, 0.2) is 0 Å². The van der Waals surface area contributed by atoms with Gasteiger partial charge >= 0.3 is 0 Å². The van der Waals surface area contributed by atoms with E-state index in [1.807, 2.05) is 13.1 Å². The van der Waals surface area contributed by atoms with Crippen LogP contribution in [0.5, 0.6) is 0 Å². The largest absolute Gasteiger partial charge is 0.342 e. The Labute approximate surface area is 113 Å². The molecule has 2 fully saturated rings. The van der Waals surface area contributed by atoms with Crippen molar-refractivity contribution in [3.05, 3.63) is 17.5 Å². The van der Waals surface area contributed by atoms with E-state index in [0.717, 1.165) is 51.0 Å². The van der Waals surface area contributed by atoms with E-state index in [1.165, 1.54) is 5.56 Å². The van der Waals surface area contributed by atoms with E-state index in [9.17, 15) is 4.79 Å². The molecule has 1 aliphatic heterocycles. The zero-order chi connectivity index (χ0) is 13.2. The molecule has 104 valence electrons. The van der Waals surface area contributed by atoms with Crippen LogP contribution in [0.15, 0.2) is 6.20 Å². The van der Waals surface area contributed by atoms with Crippen LogP contribution in [0.25, 0.3) is 0 Å². The van der Waals surface area contributed by atoms with Gasteiger partial charge in [0.2, 0.25) is 5.91 Å². The Morgan fingerprint density at radius 1 is 1.42 bits per heavy atom. The monoisotopic (exact) mass is 262 g/mol. The molecule has 0 unspecified atom stereocenters. The number of carbonyl (C=O) groups excluding carboxylic acids is 1. The first-order valence-electron chi connectivity index (χ1n) is 7.25. The van der Waals surface area contributed by atoms with Crippen LogP contribution in [-0.2, 0) is 11.3 Å². The maximum atomic E-state index is 11.9. The van der Waals surface area contributed by atoms with Crippen molar-refractivity contribution in [3.8, 4) is 0 Å². The van der Waals surface area contributed by atoms with Crippen molar-refractivity contribution in [3.63, 3.8) is 0 Å². The normalized spacial score (nSPS) is 20.8. The SMILES string of the molecule is Cc1[nH]ncc1CNC1CCN(C(=O)C2CC2)CC1. The molecule has 1 amide bonds. The summed E-state index contributed by atoms with van der Waals surface area (Å²) < 4.78 is 0. The number of hydrogen-bond donors (Lipinski definition) is 2. The molecule has 1 saturated carbocycles. The first-order chi connectivity index (χ1) is 9.24. The van der Waals surface area contributed by atoms with E-state index in [2.05, 4.69) is 20.4 Å². The van der Waals surface area contributed by atoms with Crippen LogP contribution >= 0.6 is 0 Å². The second kappa shape index (κ2) is 5.33. The second-order valence-electron chi connectivity index (χ2n) is 5.77. The minimum Gasteiger partial charge on any atom is -0.342 e. The Morgan fingerprint density at radius 2 is 2.16 bits per heavy atom. The van der Waals surface area contributed by atoms with Gasteiger partial charge in [0.05, 0.1) is 6.20 Å². The molecule has 19 heavy (non-hydrogen) atoms. The summed E-state index contributed by atoms with van der Waals surface area (Å²) in [6.45, 7) is 4.74. The molecule has 2 heterocycles. The van der Waals surface area contributed by atoms with Gasteiger partial charge in [-0.15, -0.1) is 0 Å². The maximum Gasteiger partial charge on any atom is 0.225 e. The average molecular weight is 262 g/mol. The number of likely N-dealkylation sites (tertiary alicyclic amines) is 1. The van der Waals surface area contributed by atoms with Crippen LogP contribution in [0, 0.1) is 12.8 Å². The lowest BCUT2D eigenvalue weighted by Crippen LogP contribution is -2.45. The molecule has 1 aromatic rings. The molecule has 2 N–H and O–H groups in total. The van der Waals surface area contributed by atoms with E-state index in [-0.39, 0.29) is 0 Å². The Morgan fingerprint density at radius 3 is 2.74 bits per heavy atom. The highest BCUT2D eigenvalue weighted by molar-refractivity contribution is 5.81. The third kappa shape index (κ3) is 2.97. The van der Waals surface area contributed by atoms with Crippen LogP contribution in [0.4, 0.5) is 0 Å². The molecule has 0 spiro atoms. The molecule has 0 atom stereocenters. The predicted octanol–water partition coefficient (Wildman–Crippen LogP) is 1.21. The molecule has 5 heteroatoms. The van der Waals surface area contributed by atoms with Gasteiger partial charge in [0, 0.05) is 42.9 Å². The number of carbonyl (C=O) groups is 1. The quantitative estimate of drug-likeness (QED) is 0.857. The molecule has 1 aliphatic carbocycles.